The van der Waals surface area contributed by atoms with Crippen LogP contribution >= 0.6 is 11.8 Å². The molecule has 0 saturated carbocycles. The molecule has 5 nitrogen and oxygen atoms in total. The van der Waals surface area contributed by atoms with Gasteiger partial charge in [-0.3, -0.25) is 14.9 Å². The number of carbonyl (C=O) groups excluding carboxylic acids is 1. The Labute approximate surface area is 114 Å². The monoisotopic (exact) mass is 286 g/mol. The third-order valence-corrected chi connectivity index (χ3v) is 3.16. The maximum Gasteiger partial charge on any atom is 0.282 e. The summed E-state index contributed by atoms with van der Waals surface area (Å²) in [6.45, 7) is 0.424. The van der Waals surface area contributed by atoms with Gasteiger partial charge in [0.15, 0.2) is 0 Å². The van der Waals surface area contributed by atoms with Crippen LogP contribution in [0, 0.1) is 15.9 Å². The second-order valence-corrected chi connectivity index (χ2v) is 4.86. The summed E-state index contributed by atoms with van der Waals surface area (Å²) in [5.41, 5.74) is -0.627. The van der Waals surface area contributed by atoms with E-state index in [9.17, 15) is 19.3 Å². The SMILES string of the molecule is CSCCCCNC(=O)c1cc(F)ccc1[N+](=O)[O-]. The van der Waals surface area contributed by atoms with Gasteiger partial charge in [-0.15, -0.1) is 0 Å². The number of thioether (sulfide) groups is 1. The van der Waals surface area contributed by atoms with Gasteiger partial charge in [-0.1, -0.05) is 0 Å². The van der Waals surface area contributed by atoms with E-state index in [1.54, 1.807) is 11.8 Å². The Morgan fingerprint density at radius 1 is 1.47 bits per heavy atom. The molecule has 1 amide bonds. The molecular formula is C12H15FN2O3S. The van der Waals surface area contributed by atoms with Crippen molar-refractivity contribution in [3.63, 3.8) is 0 Å². The van der Waals surface area contributed by atoms with Crippen LogP contribution in [0.25, 0.3) is 0 Å². The van der Waals surface area contributed by atoms with Crippen LogP contribution in [0.3, 0.4) is 0 Å². The highest BCUT2D eigenvalue weighted by molar-refractivity contribution is 7.98. The zero-order chi connectivity index (χ0) is 14.3. The van der Waals surface area contributed by atoms with Crippen molar-refractivity contribution >= 4 is 23.4 Å². The quantitative estimate of drug-likeness (QED) is 0.475. The molecule has 0 spiro atoms. The predicted octanol–water partition coefficient (Wildman–Crippen LogP) is 2.61. The first-order chi connectivity index (χ1) is 9.06. The molecule has 104 valence electrons. The van der Waals surface area contributed by atoms with Crippen molar-refractivity contribution in [3.8, 4) is 0 Å². The van der Waals surface area contributed by atoms with Gasteiger partial charge in [0.25, 0.3) is 11.6 Å². The lowest BCUT2D eigenvalue weighted by Crippen LogP contribution is -2.25. The molecule has 0 heterocycles. The fourth-order valence-corrected chi connectivity index (χ4v) is 2.01. The van der Waals surface area contributed by atoms with Crippen molar-refractivity contribution in [3.05, 3.63) is 39.7 Å². The lowest BCUT2D eigenvalue weighted by molar-refractivity contribution is -0.385. The number of nitro groups is 1. The van der Waals surface area contributed by atoms with Crippen molar-refractivity contribution in [2.24, 2.45) is 0 Å². The minimum atomic E-state index is -0.692. The molecule has 0 radical (unpaired) electrons. The van der Waals surface area contributed by atoms with Crippen molar-refractivity contribution < 1.29 is 14.1 Å². The number of hydrogen-bond donors (Lipinski definition) is 1. The van der Waals surface area contributed by atoms with Gasteiger partial charge in [-0.2, -0.15) is 11.8 Å². The molecule has 0 saturated heterocycles. The van der Waals surface area contributed by atoms with Crippen LogP contribution in [-0.4, -0.2) is 29.4 Å². The van der Waals surface area contributed by atoms with Gasteiger partial charge in [0, 0.05) is 12.6 Å². The van der Waals surface area contributed by atoms with Crippen molar-refractivity contribution in [2.75, 3.05) is 18.6 Å². The van der Waals surface area contributed by atoms with E-state index in [2.05, 4.69) is 5.32 Å². The predicted molar refractivity (Wildman–Crippen MR) is 73.0 cm³/mol. The average molecular weight is 286 g/mol. The van der Waals surface area contributed by atoms with Gasteiger partial charge in [0.05, 0.1) is 4.92 Å². The topological polar surface area (TPSA) is 72.2 Å². The summed E-state index contributed by atoms with van der Waals surface area (Å²) in [5.74, 6) is -0.288. The Bertz CT molecular complexity index is 468. The van der Waals surface area contributed by atoms with E-state index in [1.165, 1.54) is 0 Å². The first-order valence-electron chi connectivity index (χ1n) is 5.77. The number of nitrogens with one attached hydrogen (secondary N) is 1. The molecular weight excluding hydrogens is 271 g/mol. The zero-order valence-corrected chi connectivity index (χ0v) is 11.3. The third-order valence-electron chi connectivity index (χ3n) is 2.46. The number of amides is 1. The van der Waals surface area contributed by atoms with Crippen LogP contribution in [-0.2, 0) is 0 Å². The zero-order valence-electron chi connectivity index (χ0n) is 10.5. The van der Waals surface area contributed by atoms with Gasteiger partial charge in [0.2, 0.25) is 0 Å². The minimum Gasteiger partial charge on any atom is -0.352 e. The maximum absolute atomic E-state index is 13.1. The van der Waals surface area contributed by atoms with Crippen LogP contribution < -0.4 is 5.32 Å². The summed E-state index contributed by atoms with van der Waals surface area (Å²) in [4.78, 5) is 21.8. The fraction of sp³-hybridized carbons (Fsp3) is 0.417. The normalized spacial score (nSPS) is 10.2. The van der Waals surface area contributed by atoms with Crippen LogP contribution in [0.5, 0.6) is 0 Å². The summed E-state index contributed by atoms with van der Waals surface area (Å²) in [6, 6.07) is 2.85. The van der Waals surface area contributed by atoms with Crippen LogP contribution in [0.15, 0.2) is 18.2 Å². The van der Waals surface area contributed by atoms with Gasteiger partial charge in [-0.05, 0) is 37.0 Å². The van der Waals surface area contributed by atoms with Gasteiger partial charge in [-0.25, -0.2) is 4.39 Å². The highest BCUT2D eigenvalue weighted by Gasteiger charge is 2.20. The van der Waals surface area contributed by atoms with Crippen LogP contribution in [0.4, 0.5) is 10.1 Å². The number of nitro benzene ring substituents is 1. The molecule has 0 aromatic heterocycles. The standard InChI is InChI=1S/C12H15FN2O3S/c1-19-7-3-2-6-14-12(16)10-8-9(13)4-5-11(10)15(17)18/h4-5,8H,2-3,6-7H2,1H3,(H,14,16). The molecule has 0 aliphatic rings. The number of rotatable bonds is 7. The van der Waals surface area contributed by atoms with Gasteiger partial charge >= 0.3 is 0 Å². The van der Waals surface area contributed by atoms with E-state index in [1.807, 2.05) is 6.26 Å². The molecule has 0 fully saturated rings. The lowest BCUT2D eigenvalue weighted by Gasteiger charge is -2.05. The van der Waals surface area contributed by atoms with Gasteiger partial charge in [0.1, 0.15) is 11.4 Å². The summed E-state index contributed by atoms with van der Waals surface area (Å²) in [5, 5.41) is 13.3. The number of benzene rings is 1. The lowest BCUT2D eigenvalue weighted by atomic mass is 10.1. The smallest absolute Gasteiger partial charge is 0.282 e. The largest absolute Gasteiger partial charge is 0.352 e. The molecule has 1 rings (SSSR count). The molecule has 0 atom stereocenters. The van der Waals surface area contributed by atoms with E-state index in [0.717, 1.165) is 36.8 Å². The second kappa shape index (κ2) is 7.73. The summed E-state index contributed by atoms with van der Waals surface area (Å²) >= 11 is 1.71. The first kappa shape index (κ1) is 15.4. The maximum atomic E-state index is 13.1. The van der Waals surface area contributed by atoms with Crippen LogP contribution in [0.2, 0.25) is 0 Å². The molecule has 19 heavy (non-hydrogen) atoms. The van der Waals surface area contributed by atoms with E-state index in [4.69, 9.17) is 0 Å². The van der Waals surface area contributed by atoms with Crippen molar-refractivity contribution in [1.29, 1.82) is 0 Å². The number of unbranched alkanes of at least 4 members (excludes halogenated alkanes) is 1. The summed E-state index contributed by atoms with van der Waals surface area (Å²) < 4.78 is 13.1. The molecule has 1 aromatic carbocycles. The molecule has 0 aliphatic carbocycles. The number of hydrogen-bond acceptors (Lipinski definition) is 4. The summed E-state index contributed by atoms with van der Waals surface area (Å²) in [6.07, 6.45) is 3.73. The van der Waals surface area contributed by atoms with E-state index < -0.39 is 16.6 Å². The number of carbonyl (C=O) groups is 1. The molecule has 0 aliphatic heterocycles. The number of nitrogens with zero attached hydrogens (tertiary/aromatic N) is 1. The third kappa shape index (κ3) is 4.86. The number of halogens is 1. The molecule has 1 N–H and O–H groups in total. The fourth-order valence-electron chi connectivity index (χ4n) is 1.52. The van der Waals surface area contributed by atoms with Crippen molar-refractivity contribution in [1.82, 2.24) is 5.32 Å². The molecule has 7 heteroatoms. The molecule has 0 unspecified atom stereocenters. The van der Waals surface area contributed by atoms with Crippen molar-refractivity contribution in [2.45, 2.75) is 12.8 Å². The average Bonchev–Trinajstić information content (AvgIpc) is 2.37. The van der Waals surface area contributed by atoms with E-state index >= 15 is 0 Å². The molecule has 0 bridgehead atoms. The van der Waals surface area contributed by atoms with Crippen LogP contribution in [0.1, 0.15) is 23.2 Å². The Morgan fingerprint density at radius 2 is 2.21 bits per heavy atom. The Hall–Kier alpha value is -1.63. The van der Waals surface area contributed by atoms with E-state index in [0.29, 0.717) is 6.54 Å². The Morgan fingerprint density at radius 3 is 2.84 bits per heavy atom. The second-order valence-electron chi connectivity index (χ2n) is 3.87. The minimum absolute atomic E-state index is 0.241. The highest BCUT2D eigenvalue weighted by Crippen LogP contribution is 2.19. The van der Waals surface area contributed by atoms with E-state index in [-0.39, 0.29) is 11.3 Å². The Kier molecular flexibility index (Phi) is 6.27. The van der Waals surface area contributed by atoms with Gasteiger partial charge < -0.3 is 5.32 Å². The Balaban J connectivity index is 2.65. The molecule has 1 aromatic rings. The highest BCUT2D eigenvalue weighted by atomic mass is 32.2. The summed E-state index contributed by atoms with van der Waals surface area (Å²) in [7, 11) is 0. The first-order valence-corrected chi connectivity index (χ1v) is 7.16.